The van der Waals surface area contributed by atoms with Crippen molar-refractivity contribution in [1.82, 2.24) is 9.88 Å². The second-order valence-electron chi connectivity index (χ2n) is 5.60. The Bertz CT molecular complexity index is 432. The number of nitrogens with zero attached hydrogens (tertiary/aromatic N) is 3. The van der Waals surface area contributed by atoms with Crippen LogP contribution < -0.4 is 0 Å². The van der Waals surface area contributed by atoms with E-state index in [4.69, 9.17) is 10.2 Å². The van der Waals surface area contributed by atoms with Crippen LogP contribution in [0.25, 0.3) is 0 Å². The number of hydrogen-bond acceptors (Lipinski definition) is 4. The average molecular weight is 263 g/mol. The highest BCUT2D eigenvalue weighted by atomic mass is 32.1. The van der Waals surface area contributed by atoms with E-state index in [2.05, 4.69) is 37.2 Å². The van der Waals surface area contributed by atoms with E-state index in [0.29, 0.717) is 11.8 Å². The maximum Gasteiger partial charge on any atom is 0.0941 e. The fourth-order valence-electron chi connectivity index (χ4n) is 2.40. The minimum atomic E-state index is 0.0928. The smallest absolute Gasteiger partial charge is 0.0941 e. The molecule has 0 spiro atoms. The van der Waals surface area contributed by atoms with E-state index in [1.165, 1.54) is 18.7 Å². The number of aromatic nitrogens is 1. The summed E-state index contributed by atoms with van der Waals surface area (Å²) >= 11 is 1.72. The molecule has 1 aromatic heterocycles. The molecule has 0 amide bonds. The molecule has 2 heterocycles. The highest BCUT2D eigenvalue weighted by Gasteiger charge is 2.24. The lowest BCUT2D eigenvalue weighted by Crippen LogP contribution is -2.13. The van der Waals surface area contributed by atoms with Crippen molar-refractivity contribution in [1.29, 1.82) is 5.26 Å². The fraction of sp³-hybridized carbons (Fsp3) is 0.714. The molecule has 1 aromatic rings. The van der Waals surface area contributed by atoms with Crippen molar-refractivity contribution in [3.63, 3.8) is 0 Å². The van der Waals surface area contributed by atoms with Gasteiger partial charge in [-0.2, -0.15) is 5.26 Å². The van der Waals surface area contributed by atoms with E-state index in [0.717, 1.165) is 18.0 Å². The van der Waals surface area contributed by atoms with Gasteiger partial charge in [-0.1, -0.05) is 13.8 Å². The first-order chi connectivity index (χ1) is 8.60. The summed E-state index contributed by atoms with van der Waals surface area (Å²) < 4.78 is 0. The largest absolute Gasteiger partial charge is 0.306 e. The molecule has 2 rings (SSSR count). The summed E-state index contributed by atoms with van der Waals surface area (Å²) in [6, 6.07) is 2.39. The Hall–Kier alpha value is -0.920. The number of thiazole rings is 1. The molecule has 0 aliphatic carbocycles. The lowest BCUT2D eigenvalue weighted by molar-refractivity contribution is 0.410. The van der Waals surface area contributed by atoms with Gasteiger partial charge in [-0.25, -0.2) is 4.98 Å². The second kappa shape index (κ2) is 5.81. The Morgan fingerprint density at radius 2 is 2.39 bits per heavy atom. The van der Waals surface area contributed by atoms with Crippen LogP contribution in [0.15, 0.2) is 5.38 Å². The third-order valence-corrected chi connectivity index (χ3v) is 4.63. The topological polar surface area (TPSA) is 39.9 Å². The number of nitriles is 1. The quantitative estimate of drug-likeness (QED) is 0.838. The predicted octanol–water partition coefficient (Wildman–Crippen LogP) is 2.90. The van der Waals surface area contributed by atoms with Gasteiger partial charge in [-0.3, -0.25) is 0 Å². The zero-order valence-corrected chi connectivity index (χ0v) is 12.2. The van der Waals surface area contributed by atoms with Crippen molar-refractivity contribution in [2.75, 3.05) is 20.1 Å². The maximum absolute atomic E-state index is 9.13. The van der Waals surface area contributed by atoms with Crippen LogP contribution >= 0.6 is 11.3 Å². The van der Waals surface area contributed by atoms with Gasteiger partial charge >= 0.3 is 0 Å². The number of likely N-dealkylation sites (N-methyl/N-ethyl adjacent to an activating group) is 1. The molecule has 3 nitrogen and oxygen atoms in total. The molecule has 1 aliphatic heterocycles. The summed E-state index contributed by atoms with van der Waals surface area (Å²) in [6.45, 7) is 6.50. The highest BCUT2D eigenvalue weighted by Crippen LogP contribution is 2.28. The molecule has 0 radical (unpaired) electrons. The first kappa shape index (κ1) is 13.5. The van der Waals surface area contributed by atoms with Crippen LogP contribution in [0.1, 0.15) is 36.9 Å². The molecule has 0 N–H and O–H groups in total. The minimum Gasteiger partial charge on any atom is -0.306 e. The molecular weight excluding hydrogens is 242 g/mol. The van der Waals surface area contributed by atoms with Crippen LogP contribution in [0.5, 0.6) is 0 Å². The number of hydrogen-bond donors (Lipinski definition) is 0. The van der Waals surface area contributed by atoms with Gasteiger partial charge in [0.15, 0.2) is 0 Å². The van der Waals surface area contributed by atoms with Crippen LogP contribution in [-0.2, 0) is 6.42 Å². The molecule has 4 heteroatoms. The first-order valence-electron chi connectivity index (χ1n) is 6.62. The van der Waals surface area contributed by atoms with Gasteiger partial charge in [-0.05, 0) is 25.9 Å². The van der Waals surface area contributed by atoms with E-state index >= 15 is 0 Å². The molecule has 1 saturated heterocycles. The van der Waals surface area contributed by atoms with E-state index < -0.39 is 0 Å². The number of rotatable bonds is 4. The molecule has 1 fully saturated rings. The minimum absolute atomic E-state index is 0.0928. The summed E-state index contributed by atoms with van der Waals surface area (Å²) in [6.07, 6.45) is 2.02. The molecule has 2 atom stereocenters. The second-order valence-corrected chi connectivity index (χ2v) is 6.54. The van der Waals surface area contributed by atoms with E-state index in [1.54, 1.807) is 11.3 Å². The third-order valence-electron chi connectivity index (χ3n) is 3.74. The molecular formula is C14H21N3S. The van der Waals surface area contributed by atoms with Gasteiger partial charge < -0.3 is 4.90 Å². The van der Waals surface area contributed by atoms with Gasteiger partial charge in [0, 0.05) is 24.3 Å². The number of likely N-dealkylation sites (tertiary alicyclic amines) is 1. The van der Waals surface area contributed by atoms with E-state index in [9.17, 15) is 0 Å². The zero-order chi connectivity index (χ0) is 13.1. The van der Waals surface area contributed by atoms with Gasteiger partial charge in [0.1, 0.15) is 0 Å². The molecule has 98 valence electrons. The summed E-state index contributed by atoms with van der Waals surface area (Å²) in [4.78, 5) is 7.09. The zero-order valence-electron chi connectivity index (χ0n) is 11.4. The molecule has 18 heavy (non-hydrogen) atoms. The molecule has 2 unspecified atom stereocenters. The van der Waals surface area contributed by atoms with Gasteiger partial charge in [0.25, 0.3) is 0 Å². The van der Waals surface area contributed by atoms with Crippen molar-refractivity contribution in [2.45, 2.75) is 32.6 Å². The lowest BCUT2D eigenvalue weighted by atomic mass is 9.94. The van der Waals surface area contributed by atoms with Crippen LogP contribution in [0.2, 0.25) is 0 Å². The van der Waals surface area contributed by atoms with Gasteiger partial charge in [0.2, 0.25) is 0 Å². The van der Waals surface area contributed by atoms with Crippen LogP contribution in [0, 0.1) is 23.2 Å². The normalized spacial score (nSPS) is 22.3. The Labute approximate surface area is 113 Å². The van der Waals surface area contributed by atoms with Crippen molar-refractivity contribution < 1.29 is 0 Å². The van der Waals surface area contributed by atoms with E-state index in [1.807, 2.05) is 0 Å². The van der Waals surface area contributed by atoms with Crippen molar-refractivity contribution >= 4 is 11.3 Å². The average Bonchev–Trinajstić information content (AvgIpc) is 2.94. The Balaban J connectivity index is 2.00. The standard InChI is InChI=1S/C14H21N3S/c1-10(2)12(7-15)6-14-16-13(9-18-14)11-4-5-17(3)8-11/h9-12H,4-6,8H2,1-3H3. The Morgan fingerprint density at radius 3 is 2.94 bits per heavy atom. The highest BCUT2D eigenvalue weighted by molar-refractivity contribution is 7.09. The van der Waals surface area contributed by atoms with Crippen LogP contribution in [0.3, 0.4) is 0 Å². The molecule has 0 saturated carbocycles. The third kappa shape index (κ3) is 3.09. The summed E-state index contributed by atoms with van der Waals surface area (Å²) in [5.74, 6) is 1.09. The summed E-state index contributed by atoms with van der Waals surface area (Å²) in [5.41, 5.74) is 1.24. The maximum atomic E-state index is 9.13. The lowest BCUT2D eigenvalue weighted by Gasteiger charge is -2.10. The monoisotopic (exact) mass is 263 g/mol. The van der Waals surface area contributed by atoms with Crippen molar-refractivity contribution in [2.24, 2.45) is 11.8 Å². The van der Waals surface area contributed by atoms with Gasteiger partial charge in [0.05, 0.1) is 22.7 Å². The molecule has 0 aromatic carbocycles. The van der Waals surface area contributed by atoms with Crippen LogP contribution in [0.4, 0.5) is 0 Å². The molecule has 0 bridgehead atoms. The van der Waals surface area contributed by atoms with Crippen LogP contribution in [-0.4, -0.2) is 30.0 Å². The predicted molar refractivity (Wildman–Crippen MR) is 74.6 cm³/mol. The SMILES string of the molecule is CC(C)C(C#N)Cc1nc(C2CCN(C)C2)cs1. The Kier molecular flexibility index (Phi) is 4.36. The van der Waals surface area contributed by atoms with Gasteiger partial charge in [-0.15, -0.1) is 11.3 Å². The summed E-state index contributed by atoms with van der Waals surface area (Å²) in [5, 5.41) is 12.4. The Morgan fingerprint density at radius 1 is 1.61 bits per heavy atom. The molecule has 1 aliphatic rings. The van der Waals surface area contributed by atoms with Crippen molar-refractivity contribution in [3.05, 3.63) is 16.1 Å². The fourth-order valence-corrected chi connectivity index (χ4v) is 3.34. The van der Waals surface area contributed by atoms with Crippen molar-refractivity contribution in [3.8, 4) is 6.07 Å². The first-order valence-corrected chi connectivity index (χ1v) is 7.50. The summed E-state index contributed by atoms with van der Waals surface area (Å²) in [7, 11) is 2.16. The van der Waals surface area contributed by atoms with E-state index in [-0.39, 0.29) is 5.92 Å².